The minimum Gasteiger partial charge on any atom is -0.383 e. The van der Waals surface area contributed by atoms with E-state index in [9.17, 15) is 4.79 Å². The Kier molecular flexibility index (Phi) is 6.63. The molecule has 2 aromatic carbocycles. The fraction of sp³-hybridized carbons (Fsp3) is 0.348. The molecule has 4 N–H and O–H groups in total. The predicted octanol–water partition coefficient (Wildman–Crippen LogP) is 5.48. The largest absolute Gasteiger partial charge is 0.383 e. The van der Waals surface area contributed by atoms with Gasteiger partial charge in [0, 0.05) is 35.0 Å². The van der Waals surface area contributed by atoms with Crippen molar-refractivity contribution in [3.05, 3.63) is 64.8 Å². The van der Waals surface area contributed by atoms with Gasteiger partial charge < -0.3 is 16.0 Å². The maximum Gasteiger partial charge on any atom is 0.218 e. The van der Waals surface area contributed by atoms with E-state index in [4.69, 9.17) is 17.3 Å². The van der Waals surface area contributed by atoms with Crippen molar-refractivity contribution in [2.24, 2.45) is 11.7 Å². The highest BCUT2D eigenvalue weighted by Gasteiger charge is 2.19. The molecule has 0 fully saturated rings. The second-order valence-electron chi connectivity index (χ2n) is 7.81. The lowest BCUT2D eigenvalue weighted by Gasteiger charge is -2.14. The highest BCUT2D eigenvalue weighted by Crippen LogP contribution is 2.33. The molecule has 0 aliphatic carbocycles. The number of fused-ring (bicyclic) bond motifs is 1. The molecule has 1 aromatic heterocycles. The van der Waals surface area contributed by atoms with Crippen LogP contribution in [0.2, 0.25) is 5.02 Å². The van der Waals surface area contributed by atoms with Gasteiger partial charge in [-0.25, -0.2) is 0 Å². The van der Waals surface area contributed by atoms with Crippen LogP contribution in [0.5, 0.6) is 0 Å². The first-order valence-electron chi connectivity index (χ1n) is 9.80. The SMILES string of the molecule is CC(C)CCNc1cc(Cl)cc2cc([C@H](CC(N)=O)Cc3ccccc3)[nH]c12. The molecule has 28 heavy (non-hydrogen) atoms. The molecule has 0 radical (unpaired) electrons. The van der Waals surface area contributed by atoms with Crippen LogP contribution in [0.15, 0.2) is 48.5 Å². The first-order valence-corrected chi connectivity index (χ1v) is 10.2. The van der Waals surface area contributed by atoms with Crippen LogP contribution in [0.1, 0.15) is 43.9 Å². The van der Waals surface area contributed by atoms with E-state index in [0.29, 0.717) is 17.4 Å². The number of aromatic amines is 1. The molecule has 4 nitrogen and oxygen atoms in total. The first kappa shape index (κ1) is 20.3. The van der Waals surface area contributed by atoms with Gasteiger partial charge in [0.15, 0.2) is 0 Å². The summed E-state index contributed by atoms with van der Waals surface area (Å²) in [5, 5.41) is 5.23. The van der Waals surface area contributed by atoms with Crippen LogP contribution in [0.25, 0.3) is 10.9 Å². The number of H-pyrrole nitrogens is 1. The van der Waals surface area contributed by atoms with Crippen molar-refractivity contribution < 1.29 is 4.79 Å². The molecule has 1 amide bonds. The van der Waals surface area contributed by atoms with Crippen molar-refractivity contribution >= 4 is 34.1 Å². The zero-order chi connectivity index (χ0) is 20.1. The third-order valence-electron chi connectivity index (χ3n) is 4.96. The lowest BCUT2D eigenvalue weighted by Crippen LogP contribution is -2.17. The Labute approximate surface area is 171 Å². The number of nitrogens with one attached hydrogen (secondary N) is 2. The van der Waals surface area contributed by atoms with Crippen LogP contribution in [0.3, 0.4) is 0 Å². The van der Waals surface area contributed by atoms with Gasteiger partial charge in [-0.3, -0.25) is 4.79 Å². The van der Waals surface area contributed by atoms with Crippen LogP contribution >= 0.6 is 11.6 Å². The van der Waals surface area contributed by atoms with Gasteiger partial charge in [0.1, 0.15) is 0 Å². The minimum atomic E-state index is -0.298. The topological polar surface area (TPSA) is 70.9 Å². The van der Waals surface area contributed by atoms with Crippen molar-refractivity contribution in [3.8, 4) is 0 Å². The summed E-state index contributed by atoms with van der Waals surface area (Å²) in [6.45, 7) is 5.30. The zero-order valence-corrected chi connectivity index (χ0v) is 17.2. The van der Waals surface area contributed by atoms with E-state index in [2.05, 4.69) is 42.3 Å². The molecule has 1 heterocycles. The van der Waals surface area contributed by atoms with Crippen molar-refractivity contribution in [1.29, 1.82) is 0 Å². The molecule has 0 saturated heterocycles. The number of primary amides is 1. The van der Waals surface area contributed by atoms with Crippen LogP contribution in [0, 0.1) is 5.92 Å². The second kappa shape index (κ2) is 9.16. The number of rotatable bonds is 9. The summed E-state index contributed by atoms with van der Waals surface area (Å²) in [5.74, 6) is 0.328. The fourth-order valence-corrected chi connectivity index (χ4v) is 3.74. The van der Waals surface area contributed by atoms with Crippen molar-refractivity contribution in [1.82, 2.24) is 4.98 Å². The number of benzene rings is 2. The molecule has 0 bridgehead atoms. The Bertz CT molecular complexity index is 934. The van der Waals surface area contributed by atoms with Gasteiger partial charge in [-0.2, -0.15) is 0 Å². The number of halogens is 1. The van der Waals surface area contributed by atoms with E-state index in [1.165, 1.54) is 5.56 Å². The Morgan fingerprint density at radius 1 is 1.18 bits per heavy atom. The molecule has 3 rings (SSSR count). The molecular weight excluding hydrogens is 370 g/mol. The maximum absolute atomic E-state index is 11.7. The maximum atomic E-state index is 11.7. The van der Waals surface area contributed by atoms with Gasteiger partial charge in [0.25, 0.3) is 0 Å². The lowest BCUT2D eigenvalue weighted by atomic mass is 9.93. The smallest absolute Gasteiger partial charge is 0.218 e. The van der Waals surface area contributed by atoms with Crippen molar-refractivity contribution in [3.63, 3.8) is 0 Å². The Balaban J connectivity index is 1.92. The molecule has 5 heteroatoms. The monoisotopic (exact) mass is 397 g/mol. The normalized spacial score (nSPS) is 12.4. The number of anilines is 1. The molecule has 148 valence electrons. The van der Waals surface area contributed by atoms with Crippen molar-refractivity contribution in [2.75, 3.05) is 11.9 Å². The van der Waals surface area contributed by atoms with Crippen molar-refractivity contribution in [2.45, 2.75) is 39.0 Å². The summed E-state index contributed by atoms with van der Waals surface area (Å²) >= 11 is 6.34. The summed E-state index contributed by atoms with van der Waals surface area (Å²) in [5.41, 5.74) is 9.74. The third-order valence-corrected chi connectivity index (χ3v) is 5.18. The van der Waals surface area contributed by atoms with Gasteiger partial charge in [-0.05, 0) is 42.5 Å². The van der Waals surface area contributed by atoms with E-state index in [1.807, 2.05) is 30.3 Å². The summed E-state index contributed by atoms with van der Waals surface area (Å²) in [6.07, 6.45) is 2.13. The van der Waals surface area contributed by atoms with Gasteiger partial charge in [0.2, 0.25) is 5.91 Å². The van der Waals surface area contributed by atoms with Gasteiger partial charge in [-0.15, -0.1) is 0 Å². The zero-order valence-electron chi connectivity index (χ0n) is 16.5. The van der Waals surface area contributed by atoms with E-state index in [1.54, 1.807) is 0 Å². The van der Waals surface area contributed by atoms with Crippen LogP contribution in [0.4, 0.5) is 5.69 Å². The van der Waals surface area contributed by atoms with E-state index >= 15 is 0 Å². The number of carbonyl (C=O) groups excluding carboxylic acids is 1. The lowest BCUT2D eigenvalue weighted by molar-refractivity contribution is -0.118. The van der Waals surface area contributed by atoms with Crippen LogP contribution < -0.4 is 11.1 Å². The van der Waals surface area contributed by atoms with E-state index in [0.717, 1.165) is 41.7 Å². The van der Waals surface area contributed by atoms with Gasteiger partial charge >= 0.3 is 0 Å². The number of amides is 1. The number of carbonyl (C=O) groups is 1. The van der Waals surface area contributed by atoms with E-state index < -0.39 is 0 Å². The average Bonchev–Trinajstić information content (AvgIpc) is 3.05. The molecule has 0 spiro atoms. The first-order chi connectivity index (χ1) is 13.4. The summed E-state index contributed by atoms with van der Waals surface area (Å²) < 4.78 is 0. The number of hydrogen-bond donors (Lipinski definition) is 3. The van der Waals surface area contributed by atoms with Crippen LogP contribution in [-0.4, -0.2) is 17.4 Å². The van der Waals surface area contributed by atoms with Gasteiger partial charge in [-0.1, -0.05) is 55.8 Å². The van der Waals surface area contributed by atoms with Crippen LogP contribution in [-0.2, 0) is 11.2 Å². The standard InChI is InChI=1S/C23H28ClN3O/c1-15(2)8-9-26-21-14-19(24)11-18-12-20(27-23(18)21)17(13-22(25)28)10-16-6-4-3-5-7-16/h3-7,11-12,14-15,17,26-27H,8-10,13H2,1-2H3,(H2,25,28)/t17-/m0/s1. The predicted molar refractivity (Wildman–Crippen MR) is 118 cm³/mol. The third kappa shape index (κ3) is 5.29. The summed E-state index contributed by atoms with van der Waals surface area (Å²) in [4.78, 5) is 15.2. The Morgan fingerprint density at radius 2 is 1.93 bits per heavy atom. The fourth-order valence-electron chi connectivity index (χ4n) is 3.52. The van der Waals surface area contributed by atoms with Gasteiger partial charge in [0.05, 0.1) is 11.2 Å². The van der Waals surface area contributed by atoms with E-state index in [-0.39, 0.29) is 11.8 Å². The minimum absolute atomic E-state index is 0.00501. The Hall–Kier alpha value is -2.46. The highest BCUT2D eigenvalue weighted by molar-refractivity contribution is 6.31. The number of nitrogens with two attached hydrogens (primary N) is 1. The molecule has 3 aromatic rings. The summed E-state index contributed by atoms with van der Waals surface area (Å²) in [6, 6.07) is 16.2. The summed E-state index contributed by atoms with van der Waals surface area (Å²) in [7, 11) is 0. The number of aromatic nitrogens is 1. The number of hydrogen-bond acceptors (Lipinski definition) is 2. The molecule has 0 aliphatic rings. The highest BCUT2D eigenvalue weighted by atomic mass is 35.5. The quantitative estimate of drug-likeness (QED) is 0.447. The average molecular weight is 398 g/mol. The molecule has 0 unspecified atom stereocenters. The molecular formula is C23H28ClN3O. The second-order valence-corrected chi connectivity index (χ2v) is 8.25. The molecule has 0 aliphatic heterocycles. The Morgan fingerprint density at radius 3 is 2.61 bits per heavy atom. The molecule has 1 atom stereocenters. The molecule has 0 saturated carbocycles.